The summed E-state index contributed by atoms with van der Waals surface area (Å²) in [7, 11) is 0. The standard InChI is InChI=1S/C19H15N5O3S/c1-10-15(16(24-27-10)11-5-3-2-4-6-11)18(26)23-19-22-14(9-28-19)12-7-13(17(20)25)21-8-12/h2-9,21H,1H3,(H2,20,25)(H,22,23,26). The lowest BCUT2D eigenvalue weighted by molar-refractivity contribution is 0.0993. The molecule has 0 aliphatic heterocycles. The number of amides is 2. The summed E-state index contributed by atoms with van der Waals surface area (Å²) in [4.78, 5) is 31.2. The van der Waals surface area contributed by atoms with E-state index >= 15 is 0 Å². The third-order valence-corrected chi connectivity index (χ3v) is 4.86. The Kier molecular flexibility index (Phi) is 4.50. The first-order chi connectivity index (χ1) is 13.5. The Balaban J connectivity index is 1.58. The van der Waals surface area contributed by atoms with E-state index in [1.807, 2.05) is 30.3 Å². The fourth-order valence-corrected chi connectivity index (χ4v) is 3.46. The summed E-state index contributed by atoms with van der Waals surface area (Å²) < 4.78 is 5.23. The summed E-state index contributed by atoms with van der Waals surface area (Å²) >= 11 is 1.27. The normalized spacial score (nSPS) is 10.8. The number of hydrogen-bond acceptors (Lipinski definition) is 6. The molecule has 0 saturated carbocycles. The van der Waals surface area contributed by atoms with Gasteiger partial charge in [-0.3, -0.25) is 14.9 Å². The molecule has 0 aliphatic carbocycles. The fraction of sp³-hybridized carbons (Fsp3) is 0.0526. The monoisotopic (exact) mass is 393 g/mol. The van der Waals surface area contributed by atoms with E-state index < -0.39 is 5.91 Å². The fourth-order valence-electron chi connectivity index (χ4n) is 2.74. The molecule has 1 aromatic carbocycles. The first-order valence-corrected chi connectivity index (χ1v) is 9.18. The van der Waals surface area contributed by atoms with Gasteiger partial charge in [-0.15, -0.1) is 11.3 Å². The molecule has 0 spiro atoms. The van der Waals surface area contributed by atoms with Crippen LogP contribution in [0.5, 0.6) is 0 Å². The minimum atomic E-state index is -0.550. The number of hydrogen-bond donors (Lipinski definition) is 3. The third-order valence-electron chi connectivity index (χ3n) is 4.11. The van der Waals surface area contributed by atoms with Crippen LogP contribution in [0.15, 0.2) is 52.5 Å². The minimum absolute atomic E-state index is 0.293. The van der Waals surface area contributed by atoms with Crippen LogP contribution < -0.4 is 11.1 Å². The Morgan fingerprint density at radius 1 is 1.21 bits per heavy atom. The van der Waals surface area contributed by atoms with E-state index in [-0.39, 0.29) is 5.91 Å². The summed E-state index contributed by atoms with van der Waals surface area (Å²) in [5, 5.41) is 9.00. The van der Waals surface area contributed by atoms with Gasteiger partial charge in [-0.2, -0.15) is 0 Å². The molecule has 0 aliphatic rings. The highest BCUT2D eigenvalue weighted by Gasteiger charge is 2.22. The van der Waals surface area contributed by atoms with Crippen LogP contribution in [0.25, 0.3) is 22.5 Å². The van der Waals surface area contributed by atoms with Crippen molar-refractivity contribution in [1.29, 1.82) is 0 Å². The van der Waals surface area contributed by atoms with Crippen molar-refractivity contribution in [3.8, 4) is 22.5 Å². The van der Waals surface area contributed by atoms with Crippen molar-refractivity contribution >= 4 is 28.3 Å². The van der Waals surface area contributed by atoms with Gasteiger partial charge in [0.05, 0.1) is 5.69 Å². The SMILES string of the molecule is Cc1onc(-c2ccccc2)c1C(=O)Nc1nc(-c2c[nH]c(C(N)=O)c2)cs1. The van der Waals surface area contributed by atoms with Crippen molar-refractivity contribution in [1.82, 2.24) is 15.1 Å². The van der Waals surface area contributed by atoms with E-state index in [2.05, 4.69) is 20.4 Å². The molecule has 0 saturated heterocycles. The van der Waals surface area contributed by atoms with E-state index in [0.29, 0.717) is 39.1 Å². The predicted octanol–water partition coefficient (Wildman–Crippen LogP) is 3.45. The van der Waals surface area contributed by atoms with Crippen LogP contribution in [0.2, 0.25) is 0 Å². The Bertz CT molecular complexity index is 1160. The maximum absolute atomic E-state index is 12.8. The van der Waals surface area contributed by atoms with Crippen LogP contribution in [0, 0.1) is 6.92 Å². The number of aromatic amines is 1. The number of primary amides is 1. The molecule has 0 atom stereocenters. The van der Waals surface area contributed by atoms with Gasteiger partial charge < -0.3 is 15.2 Å². The summed E-state index contributed by atoms with van der Waals surface area (Å²) in [6, 6.07) is 10.9. The van der Waals surface area contributed by atoms with Gasteiger partial charge in [-0.1, -0.05) is 35.5 Å². The number of benzene rings is 1. The highest BCUT2D eigenvalue weighted by Crippen LogP contribution is 2.28. The van der Waals surface area contributed by atoms with Crippen LogP contribution >= 0.6 is 11.3 Å². The lowest BCUT2D eigenvalue weighted by atomic mass is 10.1. The Morgan fingerprint density at radius 3 is 2.71 bits per heavy atom. The smallest absolute Gasteiger partial charge is 0.265 e. The Morgan fingerprint density at radius 2 is 2.00 bits per heavy atom. The Hall–Kier alpha value is -3.72. The molecule has 9 heteroatoms. The maximum Gasteiger partial charge on any atom is 0.265 e. The van der Waals surface area contributed by atoms with Crippen LogP contribution in [-0.4, -0.2) is 26.9 Å². The molecule has 3 heterocycles. The molecule has 28 heavy (non-hydrogen) atoms. The van der Waals surface area contributed by atoms with Gasteiger partial charge in [0, 0.05) is 22.7 Å². The van der Waals surface area contributed by atoms with Gasteiger partial charge >= 0.3 is 0 Å². The molecule has 4 aromatic rings. The number of nitrogens with zero attached hydrogens (tertiary/aromatic N) is 2. The second-order valence-corrected chi connectivity index (χ2v) is 6.84. The van der Waals surface area contributed by atoms with Gasteiger partial charge in [-0.05, 0) is 13.0 Å². The number of carbonyl (C=O) groups is 2. The first kappa shape index (κ1) is 17.7. The van der Waals surface area contributed by atoms with Crippen LogP contribution in [0.3, 0.4) is 0 Å². The average Bonchev–Trinajstić information content (AvgIpc) is 3.41. The van der Waals surface area contributed by atoms with Crippen LogP contribution in [-0.2, 0) is 0 Å². The highest BCUT2D eigenvalue weighted by molar-refractivity contribution is 7.14. The van der Waals surface area contributed by atoms with E-state index in [0.717, 1.165) is 5.56 Å². The maximum atomic E-state index is 12.8. The zero-order valence-electron chi connectivity index (χ0n) is 14.7. The second-order valence-electron chi connectivity index (χ2n) is 5.99. The van der Waals surface area contributed by atoms with Gasteiger partial charge in [0.1, 0.15) is 22.7 Å². The minimum Gasteiger partial charge on any atom is -0.364 e. The quantitative estimate of drug-likeness (QED) is 0.478. The van der Waals surface area contributed by atoms with Crippen molar-refractivity contribution < 1.29 is 14.1 Å². The number of carbonyl (C=O) groups excluding carboxylic acids is 2. The van der Waals surface area contributed by atoms with Gasteiger partial charge in [-0.25, -0.2) is 4.98 Å². The second kappa shape index (κ2) is 7.12. The number of aryl methyl sites for hydroxylation is 1. The average molecular weight is 393 g/mol. The molecule has 0 fully saturated rings. The van der Waals surface area contributed by atoms with Crippen molar-refractivity contribution in [2.45, 2.75) is 6.92 Å². The zero-order valence-corrected chi connectivity index (χ0v) is 15.5. The van der Waals surface area contributed by atoms with Gasteiger partial charge in [0.15, 0.2) is 5.13 Å². The van der Waals surface area contributed by atoms with E-state index in [4.69, 9.17) is 10.3 Å². The summed E-state index contributed by atoms with van der Waals surface area (Å²) in [5.41, 5.74) is 8.49. The molecule has 2 amide bonds. The summed E-state index contributed by atoms with van der Waals surface area (Å²) in [6.07, 6.45) is 1.64. The molecular formula is C19H15N5O3S. The zero-order chi connectivity index (χ0) is 19.7. The molecular weight excluding hydrogens is 378 g/mol. The van der Waals surface area contributed by atoms with Crippen LogP contribution in [0.1, 0.15) is 26.6 Å². The van der Waals surface area contributed by atoms with Crippen LogP contribution in [0.4, 0.5) is 5.13 Å². The van der Waals surface area contributed by atoms with Crippen molar-refractivity contribution in [2.24, 2.45) is 5.73 Å². The number of thiazole rings is 1. The largest absolute Gasteiger partial charge is 0.364 e. The lowest BCUT2D eigenvalue weighted by Gasteiger charge is -2.03. The van der Waals surface area contributed by atoms with E-state index in [1.54, 1.807) is 24.6 Å². The van der Waals surface area contributed by atoms with Crippen molar-refractivity contribution in [3.05, 3.63) is 65.0 Å². The number of anilines is 1. The topological polar surface area (TPSA) is 127 Å². The third kappa shape index (κ3) is 3.30. The number of nitrogens with one attached hydrogen (secondary N) is 2. The molecule has 0 radical (unpaired) electrons. The number of nitrogens with two attached hydrogens (primary N) is 1. The number of rotatable bonds is 5. The first-order valence-electron chi connectivity index (χ1n) is 8.30. The predicted molar refractivity (Wildman–Crippen MR) is 105 cm³/mol. The number of H-pyrrole nitrogens is 1. The number of aromatic nitrogens is 3. The Labute approximate surface area is 163 Å². The van der Waals surface area contributed by atoms with Crippen molar-refractivity contribution in [3.63, 3.8) is 0 Å². The molecule has 0 bridgehead atoms. The summed E-state index contributed by atoms with van der Waals surface area (Å²) in [6.45, 7) is 1.69. The molecule has 8 nitrogen and oxygen atoms in total. The molecule has 4 rings (SSSR count). The molecule has 140 valence electrons. The highest BCUT2D eigenvalue weighted by atomic mass is 32.1. The molecule has 0 unspecified atom stereocenters. The summed E-state index contributed by atoms with van der Waals surface area (Å²) in [5.74, 6) is -0.485. The van der Waals surface area contributed by atoms with Crippen molar-refractivity contribution in [2.75, 3.05) is 5.32 Å². The van der Waals surface area contributed by atoms with Gasteiger partial charge in [0.2, 0.25) is 0 Å². The lowest BCUT2D eigenvalue weighted by Crippen LogP contribution is -2.13. The molecule has 3 aromatic heterocycles. The van der Waals surface area contributed by atoms with Gasteiger partial charge in [0.25, 0.3) is 11.8 Å². The van der Waals surface area contributed by atoms with E-state index in [1.165, 1.54) is 11.3 Å². The molecule has 4 N–H and O–H groups in total. The van der Waals surface area contributed by atoms with E-state index in [9.17, 15) is 9.59 Å².